The Kier molecular flexibility index (Phi) is 4.53. The summed E-state index contributed by atoms with van der Waals surface area (Å²) in [6.07, 6.45) is 0. The zero-order chi connectivity index (χ0) is 20.7. The first kappa shape index (κ1) is 18.5. The molecule has 3 nitrogen and oxygen atoms in total. The molecular formula is C26H17ClO3. The average Bonchev–Trinajstić information content (AvgIpc) is 3.17. The Bertz CT molecular complexity index is 1410. The molecule has 0 radical (unpaired) electrons. The van der Waals surface area contributed by atoms with Gasteiger partial charge >= 0.3 is 5.97 Å². The fourth-order valence-corrected chi connectivity index (χ4v) is 4.12. The molecule has 4 heteroatoms. The summed E-state index contributed by atoms with van der Waals surface area (Å²) in [5, 5.41) is 2.68. The number of para-hydroxylation sites is 2. The smallest absolute Gasteiger partial charge is 0.338 e. The Balaban J connectivity index is 1.75. The molecular weight excluding hydrogens is 396 g/mol. The number of halogens is 1. The van der Waals surface area contributed by atoms with Gasteiger partial charge in [-0.15, -0.1) is 0 Å². The lowest BCUT2D eigenvalue weighted by molar-refractivity contribution is 0.0601. The molecule has 30 heavy (non-hydrogen) atoms. The quantitative estimate of drug-likeness (QED) is 0.290. The van der Waals surface area contributed by atoms with Crippen LogP contribution in [0, 0.1) is 0 Å². The van der Waals surface area contributed by atoms with Gasteiger partial charge in [0, 0.05) is 26.9 Å². The molecule has 0 atom stereocenters. The van der Waals surface area contributed by atoms with Crippen molar-refractivity contribution >= 4 is 39.5 Å². The van der Waals surface area contributed by atoms with E-state index in [1.165, 1.54) is 7.11 Å². The van der Waals surface area contributed by atoms with E-state index in [0.29, 0.717) is 10.6 Å². The summed E-state index contributed by atoms with van der Waals surface area (Å²) in [5.41, 5.74) is 5.38. The lowest BCUT2D eigenvalue weighted by Gasteiger charge is -2.12. The molecule has 0 aliphatic rings. The largest absolute Gasteiger partial charge is 0.465 e. The van der Waals surface area contributed by atoms with Crippen LogP contribution < -0.4 is 0 Å². The first-order chi connectivity index (χ1) is 14.7. The van der Waals surface area contributed by atoms with E-state index in [2.05, 4.69) is 0 Å². The van der Waals surface area contributed by atoms with Crippen LogP contribution in [0.25, 0.3) is 44.2 Å². The van der Waals surface area contributed by atoms with Crippen molar-refractivity contribution in [1.29, 1.82) is 0 Å². The molecule has 0 spiro atoms. The number of benzene rings is 4. The van der Waals surface area contributed by atoms with E-state index in [1.54, 1.807) is 6.07 Å². The lowest BCUT2D eigenvalue weighted by atomic mass is 9.94. The maximum Gasteiger partial charge on any atom is 0.338 e. The van der Waals surface area contributed by atoms with E-state index in [1.807, 2.05) is 78.9 Å². The number of ether oxygens (including phenoxy) is 1. The molecule has 0 N–H and O–H groups in total. The molecule has 0 saturated heterocycles. The number of carbonyl (C=O) groups excluding carboxylic acids is 1. The summed E-state index contributed by atoms with van der Waals surface area (Å²) >= 11 is 6.39. The number of esters is 1. The second kappa shape index (κ2) is 7.36. The minimum atomic E-state index is -0.413. The van der Waals surface area contributed by atoms with Crippen molar-refractivity contribution in [1.82, 2.24) is 0 Å². The summed E-state index contributed by atoms with van der Waals surface area (Å²) in [4.78, 5) is 12.6. The van der Waals surface area contributed by atoms with Crippen molar-refractivity contribution in [3.8, 4) is 22.3 Å². The van der Waals surface area contributed by atoms with Crippen molar-refractivity contribution < 1.29 is 13.9 Å². The van der Waals surface area contributed by atoms with Gasteiger partial charge in [0.25, 0.3) is 0 Å². The normalized spacial score (nSPS) is 11.1. The van der Waals surface area contributed by atoms with Crippen LogP contribution in [0.1, 0.15) is 10.4 Å². The van der Waals surface area contributed by atoms with Gasteiger partial charge in [0.2, 0.25) is 0 Å². The van der Waals surface area contributed by atoms with Gasteiger partial charge in [0.1, 0.15) is 11.2 Å². The number of fused-ring (bicyclic) bond motifs is 3. The molecule has 5 rings (SSSR count). The third-order valence-corrected chi connectivity index (χ3v) is 5.63. The number of hydrogen-bond donors (Lipinski definition) is 0. The van der Waals surface area contributed by atoms with Gasteiger partial charge in [-0.3, -0.25) is 0 Å². The molecule has 4 aromatic carbocycles. The van der Waals surface area contributed by atoms with Crippen LogP contribution in [0.4, 0.5) is 0 Å². The molecule has 0 unspecified atom stereocenters. The molecule has 146 valence electrons. The number of methoxy groups -OCH3 is 1. The predicted molar refractivity (Wildman–Crippen MR) is 121 cm³/mol. The van der Waals surface area contributed by atoms with E-state index < -0.39 is 5.97 Å². The first-order valence-corrected chi connectivity index (χ1v) is 9.93. The van der Waals surface area contributed by atoms with Crippen molar-refractivity contribution in [2.24, 2.45) is 0 Å². The maximum atomic E-state index is 12.6. The Hall–Kier alpha value is -3.56. The van der Waals surface area contributed by atoms with Crippen LogP contribution in [0.2, 0.25) is 5.02 Å². The molecule has 0 amide bonds. The Labute approximate surface area is 178 Å². The summed E-state index contributed by atoms with van der Waals surface area (Å²) in [7, 11) is 1.38. The molecule has 1 aromatic heterocycles. The van der Waals surface area contributed by atoms with Crippen LogP contribution in [-0.4, -0.2) is 13.1 Å². The third kappa shape index (κ3) is 2.95. The highest BCUT2D eigenvalue weighted by atomic mass is 35.5. The number of furan rings is 1. The standard InChI is InChI=1S/C26H17ClO3/c1-29-26(28)22-15-16(13-14-18(22)19-7-2-4-11-23(19)27)17-9-6-10-21-20-8-3-5-12-24(20)30-25(17)21/h2-15H,1H3. The van der Waals surface area contributed by atoms with Gasteiger partial charge in [0.05, 0.1) is 12.7 Å². The molecule has 1 heterocycles. The fourth-order valence-electron chi connectivity index (χ4n) is 3.88. The van der Waals surface area contributed by atoms with Crippen LogP contribution in [-0.2, 0) is 4.74 Å². The van der Waals surface area contributed by atoms with E-state index in [9.17, 15) is 4.79 Å². The topological polar surface area (TPSA) is 39.4 Å². The minimum absolute atomic E-state index is 0.413. The van der Waals surface area contributed by atoms with E-state index in [4.69, 9.17) is 20.8 Å². The first-order valence-electron chi connectivity index (χ1n) is 9.55. The average molecular weight is 413 g/mol. The van der Waals surface area contributed by atoms with Crippen molar-refractivity contribution in [2.75, 3.05) is 7.11 Å². The molecule has 5 aromatic rings. The Morgan fingerprint density at radius 3 is 2.37 bits per heavy atom. The molecule has 0 bridgehead atoms. The Morgan fingerprint density at radius 2 is 1.53 bits per heavy atom. The third-order valence-electron chi connectivity index (χ3n) is 5.30. The molecule has 0 saturated carbocycles. The van der Waals surface area contributed by atoms with Gasteiger partial charge < -0.3 is 9.15 Å². The molecule has 0 aliphatic heterocycles. The zero-order valence-electron chi connectivity index (χ0n) is 16.2. The van der Waals surface area contributed by atoms with E-state index in [-0.39, 0.29) is 0 Å². The van der Waals surface area contributed by atoms with Gasteiger partial charge in [-0.25, -0.2) is 4.79 Å². The number of carbonyl (C=O) groups is 1. The highest BCUT2D eigenvalue weighted by molar-refractivity contribution is 6.33. The van der Waals surface area contributed by atoms with Crippen LogP contribution >= 0.6 is 11.6 Å². The van der Waals surface area contributed by atoms with Crippen LogP contribution in [0.5, 0.6) is 0 Å². The zero-order valence-corrected chi connectivity index (χ0v) is 16.9. The van der Waals surface area contributed by atoms with E-state index >= 15 is 0 Å². The van der Waals surface area contributed by atoms with E-state index in [0.717, 1.165) is 44.2 Å². The highest BCUT2D eigenvalue weighted by Crippen LogP contribution is 2.38. The van der Waals surface area contributed by atoms with Crippen molar-refractivity contribution in [2.45, 2.75) is 0 Å². The second-order valence-electron chi connectivity index (χ2n) is 7.01. The fraction of sp³-hybridized carbons (Fsp3) is 0.0385. The van der Waals surface area contributed by atoms with Crippen LogP contribution in [0.15, 0.2) is 89.3 Å². The summed E-state index contributed by atoms with van der Waals surface area (Å²) < 4.78 is 11.2. The predicted octanol–water partition coefficient (Wildman–Crippen LogP) is 7.36. The van der Waals surface area contributed by atoms with Crippen molar-refractivity contribution in [3.05, 3.63) is 95.5 Å². The summed E-state index contributed by atoms with van der Waals surface area (Å²) in [6.45, 7) is 0. The Morgan fingerprint density at radius 1 is 0.800 bits per heavy atom. The number of hydrogen-bond acceptors (Lipinski definition) is 3. The maximum absolute atomic E-state index is 12.6. The second-order valence-corrected chi connectivity index (χ2v) is 7.42. The monoisotopic (exact) mass is 412 g/mol. The van der Waals surface area contributed by atoms with Gasteiger partial charge in [-0.2, -0.15) is 0 Å². The van der Waals surface area contributed by atoms with Crippen LogP contribution in [0.3, 0.4) is 0 Å². The van der Waals surface area contributed by atoms with Gasteiger partial charge in [-0.1, -0.05) is 78.3 Å². The molecule has 0 fully saturated rings. The lowest BCUT2D eigenvalue weighted by Crippen LogP contribution is -2.04. The van der Waals surface area contributed by atoms with Gasteiger partial charge in [0.15, 0.2) is 0 Å². The minimum Gasteiger partial charge on any atom is -0.465 e. The molecule has 0 aliphatic carbocycles. The number of rotatable bonds is 3. The highest BCUT2D eigenvalue weighted by Gasteiger charge is 2.18. The summed E-state index contributed by atoms with van der Waals surface area (Å²) in [6, 6.07) is 27.2. The van der Waals surface area contributed by atoms with Gasteiger partial charge in [-0.05, 0) is 29.3 Å². The SMILES string of the molecule is COC(=O)c1cc(-c2cccc3c2oc2ccccc23)ccc1-c1ccccc1Cl. The summed E-state index contributed by atoms with van der Waals surface area (Å²) in [5.74, 6) is -0.413. The van der Waals surface area contributed by atoms with Crippen molar-refractivity contribution in [3.63, 3.8) is 0 Å².